The van der Waals surface area contributed by atoms with Gasteiger partial charge in [-0.15, -0.1) is 0 Å². The maximum absolute atomic E-state index is 13.2. The number of carbonyl (C=O) groups excluding carboxylic acids is 3. The normalized spacial score (nSPS) is 24.8. The molecule has 12 nitrogen and oxygen atoms in total. The number of halogens is 3. The van der Waals surface area contributed by atoms with Crippen LogP contribution in [-0.4, -0.2) is 103 Å². The van der Waals surface area contributed by atoms with Crippen molar-refractivity contribution >= 4 is 33.5 Å². The molecule has 3 aliphatic heterocycles. The summed E-state index contributed by atoms with van der Waals surface area (Å²) in [6, 6.07) is 5.52. The number of benzene rings is 1. The molecule has 3 aliphatic rings. The first-order valence-electron chi connectivity index (χ1n) is 12.4. The van der Waals surface area contributed by atoms with Crippen LogP contribution in [0.4, 0.5) is 13.2 Å². The van der Waals surface area contributed by atoms with Gasteiger partial charge < -0.3 is 30.7 Å². The molecule has 0 unspecified atom stereocenters. The lowest BCUT2D eigenvalue weighted by atomic mass is 10.00. The fraction of sp³-hybridized carbons (Fsp3) is 0.583. The van der Waals surface area contributed by atoms with Crippen molar-refractivity contribution in [1.29, 1.82) is 0 Å². The zero-order chi connectivity index (χ0) is 29.8. The van der Waals surface area contributed by atoms with E-state index >= 15 is 0 Å². The molecule has 0 bridgehead atoms. The zero-order valence-corrected chi connectivity index (χ0v) is 22.4. The van der Waals surface area contributed by atoms with Crippen molar-refractivity contribution in [3.05, 3.63) is 29.8 Å². The van der Waals surface area contributed by atoms with Crippen LogP contribution in [0.15, 0.2) is 24.3 Å². The lowest BCUT2D eigenvalue weighted by Gasteiger charge is -2.38. The van der Waals surface area contributed by atoms with E-state index in [9.17, 15) is 36.0 Å². The molecular formula is C24H31F3N4O8S. The van der Waals surface area contributed by atoms with Crippen LogP contribution in [0.25, 0.3) is 0 Å². The average Bonchev–Trinajstić information content (AvgIpc) is 3.27. The number of carbonyl (C=O) groups is 4. The molecule has 0 spiro atoms. The third-order valence-electron chi connectivity index (χ3n) is 6.78. The second-order valence-corrected chi connectivity index (χ2v) is 12.0. The Balaban J connectivity index is 0.000000559. The number of sulfone groups is 1. The van der Waals surface area contributed by atoms with Gasteiger partial charge in [-0.1, -0.05) is 18.2 Å². The van der Waals surface area contributed by atoms with E-state index in [2.05, 4.69) is 5.32 Å². The molecular weight excluding hydrogens is 561 g/mol. The monoisotopic (exact) mass is 592 g/mol. The lowest BCUT2D eigenvalue weighted by Crippen LogP contribution is -2.59. The maximum atomic E-state index is 13.2. The highest BCUT2D eigenvalue weighted by molar-refractivity contribution is 7.91. The summed E-state index contributed by atoms with van der Waals surface area (Å²) in [5, 5.41) is 10.2. The van der Waals surface area contributed by atoms with E-state index in [-0.39, 0.29) is 37.0 Å². The van der Waals surface area contributed by atoms with Gasteiger partial charge in [0, 0.05) is 37.4 Å². The predicted molar refractivity (Wildman–Crippen MR) is 134 cm³/mol. The van der Waals surface area contributed by atoms with E-state index in [4.69, 9.17) is 20.4 Å². The van der Waals surface area contributed by atoms with E-state index in [1.807, 2.05) is 24.3 Å². The number of ether oxygens (including phenoxy) is 1. The molecule has 0 saturated carbocycles. The van der Waals surface area contributed by atoms with Crippen LogP contribution in [0.5, 0.6) is 5.75 Å². The van der Waals surface area contributed by atoms with Gasteiger partial charge in [0.05, 0.1) is 12.6 Å². The van der Waals surface area contributed by atoms with Crippen molar-refractivity contribution in [3.63, 3.8) is 0 Å². The van der Waals surface area contributed by atoms with Gasteiger partial charge in [0.25, 0.3) is 0 Å². The molecule has 4 rings (SSSR count). The van der Waals surface area contributed by atoms with Crippen molar-refractivity contribution in [2.45, 2.75) is 56.0 Å². The van der Waals surface area contributed by atoms with Gasteiger partial charge in [0.15, 0.2) is 9.84 Å². The molecule has 0 aromatic heterocycles. The highest BCUT2D eigenvalue weighted by atomic mass is 32.2. The van der Waals surface area contributed by atoms with Crippen LogP contribution in [0, 0.1) is 0 Å². The number of para-hydroxylation sites is 1. The molecule has 4 N–H and O–H groups in total. The first kappa shape index (κ1) is 31.1. The van der Waals surface area contributed by atoms with Gasteiger partial charge in [-0.25, -0.2) is 13.2 Å². The molecule has 16 heteroatoms. The molecule has 0 aliphatic carbocycles. The summed E-state index contributed by atoms with van der Waals surface area (Å²) in [6.07, 6.45) is -1.84. The van der Waals surface area contributed by atoms with Gasteiger partial charge in [-0.05, 0) is 25.3 Å². The third-order valence-corrected chi connectivity index (χ3v) is 7.55. The number of nitrogens with zero attached hydrogens (tertiary/aromatic N) is 2. The number of nitrogens with one attached hydrogen (secondary N) is 1. The Morgan fingerprint density at radius 3 is 2.42 bits per heavy atom. The molecule has 40 heavy (non-hydrogen) atoms. The molecule has 2 saturated heterocycles. The summed E-state index contributed by atoms with van der Waals surface area (Å²) in [6.45, 7) is 0.719. The molecule has 2 fully saturated rings. The molecule has 3 amide bonds. The second kappa shape index (κ2) is 12.4. The topological polar surface area (TPSA) is 176 Å². The summed E-state index contributed by atoms with van der Waals surface area (Å²) in [7, 11) is -3.49. The van der Waals surface area contributed by atoms with Gasteiger partial charge >= 0.3 is 12.1 Å². The molecule has 1 aromatic rings. The standard InChI is InChI=1S/C22H30N4O6S.C2HF3O2/c1-33(30,31)13-20(27)25-10-8-14-6-7-18(26(14)22(29)16(23)12-25)21(28)24-17-9-11-32-19-5-3-2-4-15(17)19;3-2(4,5)1(6)7/h2-5,14,16-18H,6-13,23H2,1H3,(H,24,28);(H,6,7)/t14-,16+,17-,18+;/m1./s1. The minimum absolute atomic E-state index is 0.0713. The first-order chi connectivity index (χ1) is 18.6. The van der Waals surface area contributed by atoms with Gasteiger partial charge in [-0.3, -0.25) is 14.4 Å². The van der Waals surface area contributed by atoms with E-state index in [1.165, 1.54) is 4.90 Å². The fourth-order valence-corrected chi connectivity index (χ4v) is 5.59. The zero-order valence-electron chi connectivity index (χ0n) is 21.6. The average molecular weight is 593 g/mol. The minimum atomic E-state index is -5.08. The Labute approximate surface area is 228 Å². The summed E-state index contributed by atoms with van der Waals surface area (Å²) in [5.41, 5.74) is 7.04. The number of hydrogen-bond donors (Lipinski definition) is 3. The lowest BCUT2D eigenvalue weighted by molar-refractivity contribution is -0.192. The Hall–Kier alpha value is -3.40. The van der Waals surface area contributed by atoms with E-state index in [0.29, 0.717) is 32.3 Å². The number of carboxylic acids is 1. The van der Waals surface area contributed by atoms with Crippen LogP contribution in [0.3, 0.4) is 0 Å². The molecule has 1 aromatic carbocycles. The largest absolute Gasteiger partial charge is 0.493 e. The number of amides is 3. The van der Waals surface area contributed by atoms with E-state index in [1.54, 1.807) is 4.90 Å². The Bertz CT molecular complexity index is 1240. The maximum Gasteiger partial charge on any atom is 0.490 e. The molecule has 4 atom stereocenters. The van der Waals surface area contributed by atoms with Crippen molar-refractivity contribution in [3.8, 4) is 5.75 Å². The van der Waals surface area contributed by atoms with Gasteiger partial charge in [0.2, 0.25) is 17.7 Å². The first-order valence-corrected chi connectivity index (χ1v) is 14.5. The minimum Gasteiger partial charge on any atom is -0.493 e. The van der Waals surface area contributed by atoms with Crippen molar-refractivity contribution in [1.82, 2.24) is 15.1 Å². The summed E-state index contributed by atoms with van der Waals surface area (Å²) >= 11 is 0. The Morgan fingerprint density at radius 1 is 1.15 bits per heavy atom. The number of hydrogen-bond acceptors (Lipinski definition) is 8. The fourth-order valence-electron chi connectivity index (χ4n) is 4.96. The third kappa shape index (κ3) is 7.84. The van der Waals surface area contributed by atoms with Crippen molar-refractivity contribution in [2.24, 2.45) is 5.73 Å². The molecule has 222 valence electrons. The highest BCUT2D eigenvalue weighted by Gasteiger charge is 2.45. The summed E-state index contributed by atoms with van der Waals surface area (Å²) < 4.78 is 60.4. The number of fused-ring (bicyclic) bond motifs is 2. The predicted octanol–water partition coefficient (Wildman–Crippen LogP) is 0.224. The summed E-state index contributed by atoms with van der Waals surface area (Å²) in [5.74, 6) is -3.78. The van der Waals surface area contributed by atoms with Crippen molar-refractivity contribution < 1.29 is 50.6 Å². The molecule has 0 radical (unpaired) electrons. The Morgan fingerprint density at radius 2 is 1.80 bits per heavy atom. The second-order valence-electron chi connectivity index (χ2n) is 9.84. The van der Waals surface area contributed by atoms with E-state index < -0.39 is 45.7 Å². The van der Waals surface area contributed by atoms with Crippen LogP contribution in [-0.2, 0) is 29.0 Å². The van der Waals surface area contributed by atoms with E-state index in [0.717, 1.165) is 17.6 Å². The van der Waals surface area contributed by atoms with Crippen LogP contribution in [0.1, 0.15) is 37.3 Å². The number of nitrogens with two attached hydrogens (primary N) is 1. The van der Waals surface area contributed by atoms with Gasteiger partial charge in [0.1, 0.15) is 23.6 Å². The SMILES string of the molecule is CS(=O)(=O)CC(=O)N1CC[C@H]2CC[C@@H](C(=O)N[C@@H]3CCOc4ccccc43)N2C(=O)[C@@H](N)C1.O=C(O)C(F)(F)F. The van der Waals surface area contributed by atoms with Gasteiger partial charge in [-0.2, -0.15) is 13.2 Å². The highest BCUT2D eigenvalue weighted by Crippen LogP contribution is 2.33. The van der Waals surface area contributed by atoms with Crippen LogP contribution >= 0.6 is 0 Å². The summed E-state index contributed by atoms with van der Waals surface area (Å²) in [4.78, 5) is 50.7. The molecule has 3 heterocycles. The smallest absolute Gasteiger partial charge is 0.490 e. The number of alkyl halides is 3. The van der Waals surface area contributed by atoms with Crippen molar-refractivity contribution in [2.75, 3.05) is 31.7 Å². The van der Waals surface area contributed by atoms with Crippen LogP contribution < -0.4 is 15.8 Å². The quantitative estimate of drug-likeness (QED) is 0.442. The van der Waals surface area contributed by atoms with Crippen LogP contribution in [0.2, 0.25) is 0 Å². The number of aliphatic carboxylic acids is 1. The Kier molecular flexibility index (Phi) is 9.66. The number of rotatable bonds is 4. The number of carboxylic acid groups (broad SMARTS) is 1.